The lowest BCUT2D eigenvalue weighted by molar-refractivity contribution is -0.146. The van der Waals surface area contributed by atoms with Crippen molar-refractivity contribution in [3.05, 3.63) is 24.2 Å². The molecule has 0 saturated carbocycles. The van der Waals surface area contributed by atoms with Gasteiger partial charge in [-0.3, -0.25) is 9.89 Å². The Balaban J connectivity index is 0.00000420. The quantitative estimate of drug-likeness (QED) is 0.211. The molecule has 0 aliphatic carbocycles. The zero-order valence-electron chi connectivity index (χ0n) is 17.4. The van der Waals surface area contributed by atoms with E-state index in [9.17, 15) is 13.2 Å². The molecule has 1 N–H and O–H groups in total. The van der Waals surface area contributed by atoms with E-state index in [0.717, 1.165) is 63.6 Å². The molecule has 0 amide bonds. The van der Waals surface area contributed by atoms with Crippen LogP contribution in [0.3, 0.4) is 0 Å². The first-order valence-corrected chi connectivity index (χ1v) is 10.3. The molecule has 1 aliphatic rings. The summed E-state index contributed by atoms with van der Waals surface area (Å²) >= 11 is 0. The normalized spacial score (nSPS) is 17.7. The van der Waals surface area contributed by atoms with Gasteiger partial charge in [0.15, 0.2) is 5.96 Å². The average molecular weight is 530 g/mol. The second-order valence-corrected chi connectivity index (χ2v) is 7.36. The van der Waals surface area contributed by atoms with Crippen molar-refractivity contribution < 1.29 is 17.6 Å². The van der Waals surface area contributed by atoms with Crippen molar-refractivity contribution in [3.8, 4) is 0 Å². The van der Waals surface area contributed by atoms with Crippen LogP contribution in [0, 0.1) is 5.92 Å². The predicted molar refractivity (Wildman–Crippen MR) is 121 cm³/mol. The fraction of sp³-hybridized carbons (Fsp3) is 0.750. The Labute approximate surface area is 189 Å². The summed E-state index contributed by atoms with van der Waals surface area (Å²) in [5.74, 6) is 2.01. The van der Waals surface area contributed by atoms with Gasteiger partial charge in [0.2, 0.25) is 0 Å². The number of furan rings is 1. The number of unbranched alkanes of at least 4 members (excludes halogenated alkanes) is 1. The van der Waals surface area contributed by atoms with Crippen molar-refractivity contribution >= 4 is 29.9 Å². The van der Waals surface area contributed by atoms with Crippen LogP contribution < -0.4 is 5.32 Å². The molecule has 2 rings (SSSR count). The van der Waals surface area contributed by atoms with Crippen molar-refractivity contribution in [2.45, 2.75) is 45.7 Å². The minimum Gasteiger partial charge on any atom is -0.469 e. The molecule has 168 valence electrons. The second kappa shape index (κ2) is 13.4. The molecule has 2 heterocycles. The molecule has 1 aromatic heterocycles. The molecule has 1 saturated heterocycles. The summed E-state index contributed by atoms with van der Waals surface area (Å²) in [5.41, 5.74) is 0. The minimum absolute atomic E-state index is 0. The van der Waals surface area contributed by atoms with Gasteiger partial charge in [-0.1, -0.05) is 20.3 Å². The Morgan fingerprint density at radius 3 is 2.79 bits per heavy atom. The number of rotatable bonds is 10. The van der Waals surface area contributed by atoms with E-state index in [1.54, 1.807) is 13.2 Å². The second-order valence-electron chi connectivity index (χ2n) is 7.36. The van der Waals surface area contributed by atoms with Crippen LogP contribution >= 0.6 is 24.0 Å². The maximum absolute atomic E-state index is 12.7. The fourth-order valence-electron chi connectivity index (χ4n) is 3.46. The number of guanidine groups is 1. The first-order valence-electron chi connectivity index (χ1n) is 10.3. The Hall–Kier alpha value is -0.970. The summed E-state index contributed by atoms with van der Waals surface area (Å²) in [5, 5.41) is 3.41. The summed E-state index contributed by atoms with van der Waals surface area (Å²) in [6, 6.07) is 3.82. The van der Waals surface area contributed by atoms with Gasteiger partial charge in [-0.15, -0.1) is 24.0 Å². The summed E-state index contributed by atoms with van der Waals surface area (Å²) in [4.78, 5) is 8.39. The highest BCUT2D eigenvalue weighted by Crippen LogP contribution is 2.21. The molecule has 9 heteroatoms. The molecule has 0 spiro atoms. The molecule has 1 unspecified atom stereocenters. The highest BCUT2D eigenvalue weighted by Gasteiger charge is 2.33. The molecule has 0 radical (unpaired) electrons. The van der Waals surface area contributed by atoms with E-state index in [1.807, 2.05) is 12.1 Å². The van der Waals surface area contributed by atoms with Gasteiger partial charge in [0.05, 0.1) is 12.8 Å². The van der Waals surface area contributed by atoms with E-state index in [2.05, 4.69) is 17.1 Å². The number of alkyl halides is 3. The number of nitrogens with one attached hydrogen (secondary N) is 1. The van der Waals surface area contributed by atoms with Gasteiger partial charge in [0, 0.05) is 39.1 Å². The first kappa shape index (κ1) is 26.1. The molecular formula is C20H34F3IN4O. The molecule has 29 heavy (non-hydrogen) atoms. The Morgan fingerprint density at radius 2 is 2.17 bits per heavy atom. The molecule has 1 aromatic rings. The smallest absolute Gasteiger partial charge is 0.401 e. The summed E-state index contributed by atoms with van der Waals surface area (Å²) in [6.07, 6.45) is 1.28. The van der Waals surface area contributed by atoms with Crippen LogP contribution in [0.2, 0.25) is 0 Å². The monoisotopic (exact) mass is 530 g/mol. The maximum atomic E-state index is 12.7. The number of halogens is 4. The lowest BCUT2D eigenvalue weighted by atomic mass is 10.1. The third kappa shape index (κ3) is 10.1. The van der Waals surface area contributed by atoms with E-state index >= 15 is 0 Å². The average Bonchev–Trinajstić information content (AvgIpc) is 3.31. The largest absolute Gasteiger partial charge is 0.469 e. The molecule has 5 nitrogen and oxygen atoms in total. The van der Waals surface area contributed by atoms with Crippen LogP contribution in [-0.2, 0) is 6.42 Å². The van der Waals surface area contributed by atoms with Crippen LogP contribution in [0.5, 0.6) is 0 Å². The fourth-order valence-corrected chi connectivity index (χ4v) is 3.46. The van der Waals surface area contributed by atoms with E-state index < -0.39 is 12.7 Å². The highest BCUT2D eigenvalue weighted by atomic mass is 127. The molecule has 1 aliphatic heterocycles. The van der Waals surface area contributed by atoms with E-state index in [4.69, 9.17) is 9.41 Å². The Kier molecular flexibility index (Phi) is 12.0. The van der Waals surface area contributed by atoms with Crippen LogP contribution in [0.4, 0.5) is 13.2 Å². The number of hydrogen-bond acceptors (Lipinski definition) is 3. The molecular weight excluding hydrogens is 496 g/mol. The topological polar surface area (TPSA) is 44.0 Å². The number of aliphatic imine (C=N–C) groups is 1. The van der Waals surface area contributed by atoms with Crippen LogP contribution in [0.25, 0.3) is 0 Å². The standard InChI is InChI=1S/C20H33F3N4O.HI/c1-3-5-10-24-19(25-11-8-18-7-6-13-28-18)27-12-9-17(15-27)14-26(4-2)16-20(21,22)23;/h6-7,13,17H,3-5,8-12,14-16H2,1-2H3,(H,24,25);1H. The van der Waals surface area contributed by atoms with Crippen molar-refractivity contribution in [3.63, 3.8) is 0 Å². The van der Waals surface area contributed by atoms with Crippen LogP contribution in [0.1, 0.15) is 38.9 Å². The number of hydrogen-bond donors (Lipinski definition) is 1. The highest BCUT2D eigenvalue weighted by molar-refractivity contribution is 14.0. The zero-order valence-corrected chi connectivity index (χ0v) is 19.7. The molecule has 0 aromatic carbocycles. The van der Waals surface area contributed by atoms with Gasteiger partial charge in [-0.05, 0) is 37.4 Å². The van der Waals surface area contributed by atoms with Crippen molar-refractivity contribution in [1.29, 1.82) is 0 Å². The number of likely N-dealkylation sites (tertiary alicyclic amines) is 1. The van der Waals surface area contributed by atoms with Gasteiger partial charge in [-0.2, -0.15) is 13.2 Å². The van der Waals surface area contributed by atoms with Gasteiger partial charge in [0.25, 0.3) is 0 Å². The van der Waals surface area contributed by atoms with Crippen molar-refractivity contribution in [2.75, 3.05) is 45.8 Å². The Morgan fingerprint density at radius 1 is 1.38 bits per heavy atom. The lowest BCUT2D eigenvalue weighted by Crippen LogP contribution is -2.42. The summed E-state index contributed by atoms with van der Waals surface area (Å²) in [7, 11) is 0. The van der Waals surface area contributed by atoms with Crippen LogP contribution in [0.15, 0.2) is 27.8 Å². The minimum atomic E-state index is -4.14. The third-order valence-corrected chi connectivity index (χ3v) is 4.96. The van der Waals surface area contributed by atoms with Gasteiger partial charge in [-0.25, -0.2) is 0 Å². The number of nitrogens with zero attached hydrogens (tertiary/aromatic N) is 3. The maximum Gasteiger partial charge on any atom is 0.401 e. The molecule has 1 atom stereocenters. The van der Waals surface area contributed by atoms with Gasteiger partial charge < -0.3 is 14.6 Å². The van der Waals surface area contributed by atoms with Crippen LogP contribution in [-0.4, -0.2) is 67.7 Å². The summed E-state index contributed by atoms with van der Waals surface area (Å²) in [6.45, 7) is 7.01. The molecule has 1 fully saturated rings. The van der Waals surface area contributed by atoms with Crippen molar-refractivity contribution in [1.82, 2.24) is 15.1 Å². The van der Waals surface area contributed by atoms with Gasteiger partial charge in [0.1, 0.15) is 5.76 Å². The zero-order chi connectivity index (χ0) is 20.4. The van der Waals surface area contributed by atoms with Gasteiger partial charge >= 0.3 is 6.18 Å². The SMILES string of the molecule is CCCCN=C(NCCc1ccco1)N1CCC(CN(CC)CC(F)(F)F)C1.I. The Bertz CT molecular complexity index is 581. The third-order valence-electron chi connectivity index (χ3n) is 4.96. The lowest BCUT2D eigenvalue weighted by Gasteiger charge is -2.26. The van der Waals surface area contributed by atoms with E-state index in [0.29, 0.717) is 13.1 Å². The van der Waals surface area contributed by atoms with E-state index in [1.165, 1.54) is 4.90 Å². The first-order chi connectivity index (χ1) is 13.4. The predicted octanol–water partition coefficient (Wildman–Crippen LogP) is 4.39. The molecule has 0 bridgehead atoms. The summed E-state index contributed by atoms with van der Waals surface area (Å²) < 4.78 is 43.5. The van der Waals surface area contributed by atoms with E-state index in [-0.39, 0.29) is 29.9 Å². The van der Waals surface area contributed by atoms with Crippen molar-refractivity contribution in [2.24, 2.45) is 10.9 Å².